The first-order valence-electron chi connectivity index (χ1n) is 7.30. The van der Waals surface area contributed by atoms with Crippen molar-refractivity contribution in [2.75, 3.05) is 4.90 Å². The van der Waals surface area contributed by atoms with Gasteiger partial charge in [0.2, 0.25) is 0 Å². The lowest BCUT2D eigenvalue weighted by atomic mass is 10.1. The fourth-order valence-electron chi connectivity index (χ4n) is 2.38. The van der Waals surface area contributed by atoms with E-state index >= 15 is 0 Å². The quantitative estimate of drug-likeness (QED) is 0.660. The van der Waals surface area contributed by atoms with Gasteiger partial charge in [-0.1, -0.05) is 35.4 Å². The molecule has 1 aliphatic heterocycles. The summed E-state index contributed by atoms with van der Waals surface area (Å²) >= 11 is 5.94. The van der Waals surface area contributed by atoms with E-state index < -0.39 is 23.7 Å². The van der Waals surface area contributed by atoms with E-state index in [1.807, 2.05) is 6.92 Å². The maximum atomic E-state index is 13.9. The van der Waals surface area contributed by atoms with Crippen molar-refractivity contribution in [3.8, 4) is 0 Å². The second-order valence-corrected chi connectivity index (χ2v) is 5.84. The van der Waals surface area contributed by atoms with E-state index in [2.05, 4.69) is 5.32 Å². The summed E-state index contributed by atoms with van der Waals surface area (Å²) in [6.07, 6.45) is 1.04. The van der Waals surface area contributed by atoms with Crippen molar-refractivity contribution in [3.63, 3.8) is 0 Å². The van der Waals surface area contributed by atoms with Gasteiger partial charge in [0, 0.05) is 5.56 Å². The normalized spacial score (nSPS) is 16.4. The van der Waals surface area contributed by atoms with E-state index in [1.54, 1.807) is 24.3 Å². The van der Waals surface area contributed by atoms with Crippen molar-refractivity contribution < 1.29 is 18.8 Å². The second-order valence-electron chi connectivity index (χ2n) is 5.43. The first-order chi connectivity index (χ1) is 11.9. The highest BCUT2D eigenvalue weighted by atomic mass is 35.5. The van der Waals surface area contributed by atoms with Crippen LogP contribution < -0.4 is 10.2 Å². The smallest absolute Gasteiger partial charge is 0.273 e. The summed E-state index contributed by atoms with van der Waals surface area (Å²) in [5, 5.41) is 2.12. The van der Waals surface area contributed by atoms with Crippen molar-refractivity contribution in [3.05, 3.63) is 70.0 Å². The van der Waals surface area contributed by atoms with Gasteiger partial charge in [0.1, 0.15) is 11.4 Å². The van der Waals surface area contributed by atoms with E-state index in [4.69, 9.17) is 11.6 Å². The molecule has 25 heavy (non-hydrogen) atoms. The van der Waals surface area contributed by atoms with Crippen LogP contribution in [0.1, 0.15) is 11.1 Å². The molecule has 5 nitrogen and oxygen atoms in total. The average Bonchev–Trinajstić information content (AvgIpc) is 2.55. The van der Waals surface area contributed by atoms with Gasteiger partial charge in [0.15, 0.2) is 0 Å². The SMILES string of the molecule is Cc1ccc(N2C(=O)NC(=O)/C(=C\c3c(F)cccc3Cl)C2=O)cc1. The monoisotopic (exact) mass is 358 g/mol. The summed E-state index contributed by atoms with van der Waals surface area (Å²) in [5.41, 5.74) is 0.762. The number of carbonyl (C=O) groups is 3. The fourth-order valence-corrected chi connectivity index (χ4v) is 2.60. The van der Waals surface area contributed by atoms with Gasteiger partial charge in [-0.2, -0.15) is 0 Å². The van der Waals surface area contributed by atoms with Gasteiger partial charge in [-0.05, 0) is 37.3 Å². The number of nitrogens with one attached hydrogen (secondary N) is 1. The minimum absolute atomic E-state index is 0.0480. The molecule has 1 N–H and O–H groups in total. The molecule has 0 aromatic heterocycles. The van der Waals surface area contributed by atoms with Gasteiger partial charge in [0.25, 0.3) is 11.8 Å². The fraction of sp³-hybridized carbons (Fsp3) is 0.0556. The standard InChI is InChI=1S/C18H12ClFN2O3/c1-10-5-7-11(8-6-10)22-17(24)13(16(23)21-18(22)25)9-12-14(19)3-2-4-15(12)20/h2-9H,1H3,(H,21,23,25)/b13-9+. The lowest BCUT2D eigenvalue weighted by molar-refractivity contribution is -0.122. The minimum Gasteiger partial charge on any atom is -0.273 e. The van der Waals surface area contributed by atoms with Gasteiger partial charge >= 0.3 is 6.03 Å². The first-order valence-corrected chi connectivity index (χ1v) is 7.68. The molecule has 7 heteroatoms. The number of halogens is 2. The molecule has 1 aliphatic rings. The molecule has 0 spiro atoms. The minimum atomic E-state index is -0.905. The molecule has 0 saturated carbocycles. The predicted molar refractivity (Wildman–Crippen MR) is 91.6 cm³/mol. The van der Waals surface area contributed by atoms with Gasteiger partial charge in [-0.25, -0.2) is 14.1 Å². The van der Waals surface area contributed by atoms with Crippen molar-refractivity contribution in [1.82, 2.24) is 5.32 Å². The van der Waals surface area contributed by atoms with Crippen LogP contribution in [0.4, 0.5) is 14.9 Å². The van der Waals surface area contributed by atoms with Gasteiger partial charge in [-0.3, -0.25) is 14.9 Å². The number of rotatable bonds is 2. The maximum absolute atomic E-state index is 13.9. The van der Waals surface area contributed by atoms with Crippen LogP contribution in [-0.4, -0.2) is 17.8 Å². The van der Waals surface area contributed by atoms with Crippen LogP contribution in [0.15, 0.2) is 48.0 Å². The number of urea groups is 1. The van der Waals surface area contributed by atoms with E-state index in [-0.39, 0.29) is 16.2 Å². The van der Waals surface area contributed by atoms with E-state index in [9.17, 15) is 18.8 Å². The lowest BCUT2D eigenvalue weighted by Gasteiger charge is -2.26. The molecular formula is C18H12ClFN2O3. The zero-order valence-electron chi connectivity index (χ0n) is 13.0. The number of carbonyl (C=O) groups excluding carboxylic acids is 3. The Kier molecular flexibility index (Phi) is 4.37. The largest absolute Gasteiger partial charge is 0.335 e. The number of aryl methyl sites for hydroxylation is 1. The molecule has 2 aromatic carbocycles. The number of anilines is 1. The predicted octanol–water partition coefficient (Wildman–Crippen LogP) is 3.45. The highest BCUT2D eigenvalue weighted by molar-refractivity contribution is 6.39. The third-order valence-corrected chi connectivity index (χ3v) is 4.01. The third-order valence-electron chi connectivity index (χ3n) is 3.68. The Morgan fingerprint density at radius 3 is 2.40 bits per heavy atom. The Bertz CT molecular complexity index is 902. The topological polar surface area (TPSA) is 66.5 Å². The van der Waals surface area contributed by atoms with E-state index in [0.717, 1.165) is 22.6 Å². The summed E-state index contributed by atoms with van der Waals surface area (Å²) in [6, 6.07) is 9.75. The Balaban J connectivity index is 2.07. The highest BCUT2D eigenvalue weighted by Gasteiger charge is 2.37. The molecule has 1 heterocycles. The van der Waals surface area contributed by atoms with Crippen molar-refractivity contribution >= 4 is 41.2 Å². The zero-order chi connectivity index (χ0) is 18.1. The number of nitrogens with zero attached hydrogens (tertiary/aromatic N) is 1. The van der Waals surface area contributed by atoms with Crippen molar-refractivity contribution in [2.24, 2.45) is 0 Å². The zero-order valence-corrected chi connectivity index (χ0v) is 13.8. The van der Waals surface area contributed by atoms with Crippen LogP contribution in [0.5, 0.6) is 0 Å². The summed E-state index contributed by atoms with van der Waals surface area (Å²) in [5.74, 6) is -2.44. The average molecular weight is 359 g/mol. The molecule has 0 aliphatic carbocycles. The van der Waals surface area contributed by atoms with Crippen molar-refractivity contribution in [1.29, 1.82) is 0 Å². The third kappa shape index (κ3) is 3.16. The number of amides is 4. The summed E-state index contributed by atoms with van der Waals surface area (Å²) < 4.78 is 13.9. The Morgan fingerprint density at radius 2 is 1.76 bits per heavy atom. The number of hydrogen-bond acceptors (Lipinski definition) is 3. The second kappa shape index (κ2) is 6.49. The molecule has 0 bridgehead atoms. The van der Waals surface area contributed by atoms with Crippen molar-refractivity contribution in [2.45, 2.75) is 6.92 Å². The van der Waals surface area contributed by atoms with Gasteiger partial charge in [0.05, 0.1) is 10.7 Å². The molecule has 4 amide bonds. The number of imide groups is 2. The molecule has 1 fully saturated rings. The maximum Gasteiger partial charge on any atom is 0.335 e. The van der Waals surface area contributed by atoms with Gasteiger partial charge in [-0.15, -0.1) is 0 Å². The van der Waals surface area contributed by atoms with Gasteiger partial charge < -0.3 is 0 Å². The number of barbiturate groups is 1. The Hall–Kier alpha value is -2.99. The molecular weight excluding hydrogens is 347 g/mol. The van der Waals surface area contributed by atoms with Crippen LogP contribution in [0.3, 0.4) is 0 Å². The Morgan fingerprint density at radius 1 is 1.08 bits per heavy atom. The molecule has 0 radical (unpaired) electrons. The summed E-state index contributed by atoms with van der Waals surface area (Å²) in [7, 11) is 0. The van der Waals surface area contributed by atoms with Crippen LogP contribution in [0.25, 0.3) is 6.08 Å². The summed E-state index contributed by atoms with van der Waals surface area (Å²) in [4.78, 5) is 37.6. The lowest BCUT2D eigenvalue weighted by Crippen LogP contribution is -2.54. The number of hydrogen-bond donors (Lipinski definition) is 1. The van der Waals surface area contributed by atoms with Crippen LogP contribution in [0.2, 0.25) is 5.02 Å². The molecule has 3 rings (SSSR count). The van der Waals surface area contributed by atoms with Crippen LogP contribution >= 0.6 is 11.6 Å². The first kappa shape index (κ1) is 16.9. The number of benzene rings is 2. The van der Waals surface area contributed by atoms with Crippen LogP contribution in [0, 0.1) is 12.7 Å². The Labute approximate surface area is 147 Å². The highest BCUT2D eigenvalue weighted by Crippen LogP contribution is 2.26. The van der Waals surface area contributed by atoms with E-state index in [1.165, 1.54) is 12.1 Å². The van der Waals surface area contributed by atoms with Crippen LogP contribution in [-0.2, 0) is 9.59 Å². The molecule has 0 atom stereocenters. The van der Waals surface area contributed by atoms with E-state index in [0.29, 0.717) is 5.69 Å². The molecule has 1 saturated heterocycles. The molecule has 2 aromatic rings. The molecule has 126 valence electrons. The summed E-state index contributed by atoms with van der Waals surface area (Å²) in [6.45, 7) is 1.86. The molecule has 0 unspecified atom stereocenters.